The van der Waals surface area contributed by atoms with Gasteiger partial charge < -0.3 is 19.9 Å². The lowest BCUT2D eigenvalue weighted by atomic mass is 10.0. The van der Waals surface area contributed by atoms with E-state index in [0.29, 0.717) is 30.8 Å². The van der Waals surface area contributed by atoms with Crippen LogP contribution in [0.1, 0.15) is 32.0 Å². The number of amides is 1. The van der Waals surface area contributed by atoms with Gasteiger partial charge in [0, 0.05) is 66.5 Å². The van der Waals surface area contributed by atoms with Crippen molar-refractivity contribution in [3.8, 4) is 0 Å². The predicted molar refractivity (Wildman–Crippen MR) is 111 cm³/mol. The highest BCUT2D eigenvalue weighted by molar-refractivity contribution is 6.01. The Kier molecular flexibility index (Phi) is 4.86. The minimum atomic E-state index is -0.515. The van der Waals surface area contributed by atoms with E-state index in [1.807, 2.05) is 6.07 Å². The van der Waals surface area contributed by atoms with Crippen molar-refractivity contribution in [1.29, 1.82) is 0 Å². The third-order valence-electron chi connectivity index (χ3n) is 5.40. The second-order valence-electron chi connectivity index (χ2n) is 7.05. The number of fused-ring (bicyclic) bond motifs is 3. The van der Waals surface area contributed by atoms with E-state index in [9.17, 15) is 19.7 Å². The van der Waals surface area contributed by atoms with Gasteiger partial charge in [-0.15, -0.1) is 0 Å². The number of nitrogens with one attached hydrogen (secondary N) is 2. The number of esters is 1. The highest BCUT2D eigenvalue weighted by atomic mass is 16.6. The molecule has 0 unspecified atom stereocenters. The zero-order valence-electron chi connectivity index (χ0n) is 16.5. The van der Waals surface area contributed by atoms with Crippen molar-refractivity contribution in [2.45, 2.75) is 13.0 Å². The van der Waals surface area contributed by atoms with Crippen LogP contribution in [0.3, 0.4) is 0 Å². The number of ether oxygens (including phenoxy) is 1. The zero-order valence-corrected chi connectivity index (χ0v) is 16.5. The lowest BCUT2D eigenvalue weighted by Crippen LogP contribution is -2.36. The number of aromatic nitrogens is 1. The Bertz CT molecular complexity index is 1180. The number of H-pyrrole nitrogens is 1. The molecule has 1 aliphatic rings. The number of hydrogen-bond donors (Lipinski definition) is 2. The maximum absolute atomic E-state index is 13.2. The van der Waals surface area contributed by atoms with Crippen LogP contribution in [0.4, 0.5) is 11.4 Å². The van der Waals surface area contributed by atoms with Gasteiger partial charge in [-0.05, 0) is 24.3 Å². The highest BCUT2D eigenvalue weighted by Crippen LogP contribution is 2.31. The van der Waals surface area contributed by atoms with Crippen LogP contribution in [0.25, 0.3) is 10.9 Å². The number of anilines is 1. The van der Waals surface area contributed by atoms with Gasteiger partial charge in [-0.1, -0.05) is 0 Å². The number of methoxy groups -OCH3 is 1. The molecule has 2 heterocycles. The second kappa shape index (κ2) is 7.51. The molecule has 2 N–H and O–H groups in total. The zero-order chi connectivity index (χ0) is 21.4. The molecule has 0 fully saturated rings. The van der Waals surface area contributed by atoms with Crippen molar-refractivity contribution in [3.05, 3.63) is 68.9 Å². The summed E-state index contributed by atoms with van der Waals surface area (Å²) >= 11 is 0. The van der Waals surface area contributed by atoms with Gasteiger partial charge in [0.25, 0.3) is 11.6 Å². The van der Waals surface area contributed by atoms with E-state index in [-0.39, 0.29) is 17.2 Å². The van der Waals surface area contributed by atoms with Crippen molar-refractivity contribution >= 4 is 34.2 Å². The summed E-state index contributed by atoms with van der Waals surface area (Å²) in [5, 5.41) is 14.9. The molecule has 0 bridgehead atoms. The SMILES string of the molecule is CNc1ccc([N+](=O)[O-])cc1C(=O)N1CCc2[nH]c3ccc(C(=O)OC)cc3c2C1. The fraction of sp³-hybridized carbons (Fsp3) is 0.238. The first-order chi connectivity index (χ1) is 14.4. The third kappa shape index (κ3) is 3.24. The molecule has 0 aliphatic carbocycles. The molecule has 4 rings (SSSR count). The molecule has 3 aromatic rings. The van der Waals surface area contributed by atoms with E-state index in [1.165, 1.54) is 25.3 Å². The van der Waals surface area contributed by atoms with Crippen LogP contribution in [0.15, 0.2) is 36.4 Å². The molecule has 1 aromatic heterocycles. The van der Waals surface area contributed by atoms with Crippen molar-refractivity contribution in [3.63, 3.8) is 0 Å². The largest absolute Gasteiger partial charge is 0.465 e. The Labute approximate surface area is 171 Å². The second-order valence-corrected chi connectivity index (χ2v) is 7.05. The summed E-state index contributed by atoms with van der Waals surface area (Å²) in [7, 11) is 3.00. The molecule has 0 radical (unpaired) electrons. The van der Waals surface area contributed by atoms with E-state index in [2.05, 4.69) is 10.3 Å². The Balaban J connectivity index is 1.70. The molecule has 0 saturated heterocycles. The summed E-state index contributed by atoms with van der Waals surface area (Å²) in [6, 6.07) is 9.48. The number of nitrogens with zero attached hydrogens (tertiary/aromatic N) is 2. The minimum absolute atomic E-state index is 0.134. The number of carbonyl (C=O) groups is 2. The Morgan fingerprint density at radius 3 is 2.73 bits per heavy atom. The Hall–Kier alpha value is -3.88. The van der Waals surface area contributed by atoms with Crippen LogP contribution in [0.2, 0.25) is 0 Å². The van der Waals surface area contributed by atoms with Crippen molar-refractivity contribution in [1.82, 2.24) is 9.88 Å². The number of non-ortho nitro benzene ring substituents is 1. The van der Waals surface area contributed by atoms with Gasteiger partial charge in [-0.25, -0.2) is 4.79 Å². The maximum atomic E-state index is 13.2. The number of carbonyl (C=O) groups excluding carboxylic acids is 2. The van der Waals surface area contributed by atoms with Gasteiger partial charge in [-0.3, -0.25) is 14.9 Å². The molecule has 30 heavy (non-hydrogen) atoms. The number of benzene rings is 2. The number of hydrogen-bond acceptors (Lipinski definition) is 6. The predicted octanol–water partition coefficient (Wildman–Crippen LogP) is 3.10. The normalized spacial score (nSPS) is 13.1. The first-order valence-electron chi connectivity index (χ1n) is 9.40. The van der Waals surface area contributed by atoms with Crippen molar-refractivity contribution in [2.75, 3.05) is 26.0 Å². The number of nitro groups is 1. The molecule has 154 valence electrons. The fourth-order valence-corrected chi connectivity index (χ4v) is 3.84. The van der Waals surface area contributed by atoms with Crippen molar-refractivity contribution in [2.24, 2.45) is 0 Å². The molecular weight excluding hydrogens is 388 g/mol. The molecule has 9 nitrogen and oxygen atoms in total. The molecule has 1 aliphatic heterocycles. The van der Waals surface area contributed by atoms with Gasteiger partial charge in [0.15, 0.2) is 0 Å². The van der Waals surface area contributed by atoms with Crippen LogP contribution in [-0.4, -0.2) is 47.4 Å². The van der Waals surface area contributed by atoms with E-state index >= 15 is 0 Å². The molecule has 9 heteroatoms. The summed E-state index contributed by atoms with van der Waals surface area (Å²) in [6.07, 6.45) is 0.618. The first kappa shape index (κ1) is 19.4. The van der Waals surface area contributed by atoms with E-state index in [4.69, 9.17) is 4.74 Å². The third-order valence-corrected chi connectivity index (χ3v) is 5.40. The molecule has 0 atom stereocenters. The monoisotopic (exact) mass is 408 g/mol. The molecular formula is C21H20N4O5. The summed E-state index contributed by atoms with van der Waals surface area (Å²) < 4.78 is 4.80. The van der Waals surface area contributed by atoms with Gasteiger partial charge in [0.2, 0.25) is 0 Å². The quantitative estimate of drug-likeness (QED) is 0.389. The smallest absolute Gasteiger partial charge is 0.337 e. The Morgan fingerprint density at radius 1 is 1.23 bits per heavy atom. The van der Waals surface area contributed by atoms with E-state index in [0.717, 1.165) is 22.2 Å². The average Bonchev–Trinajstić information content (AvgIpc) is 3.14. The van der Waals surface area contributed by atoms with E-state index < -0.39 is 10.9 Å². The standard InChI is InChI=1S/C21H20N4O5/c1-22-17-6-4-13(25(28)29)10-15(17)20(26)24-8-7-19-16(11-24)14-9-12(21(27)30-2)3-5-18(14)23-19/h3-6,9-10,22-23H,7-8,11H2,1-2H3. The van der Waals surface area contributed by atoms with Crippen LogP contribution >= 0.6 is 0 Å². The van der Waals surface area contributed by atoms with Crippen molar-refractivity contribution < 1.29 is 19.2 Å². The lowest BCUT2D eigenvalue weighted by Gasteiger charge is -2.28. The number of nitro benzene ring substituents is 1. The highest BCUT2D eigenvalue weighted by Gasteiger charge is 2.27. The first-order valence-corrected chi connectivity index (χ1v) is 9.40. The van der Waals surface area contributed by atoms with Gasteiger partial charge in [0.1, 0.15) is 0 Å². The molecule has 0 saturated carbocycles. The average molecular weight is 408 g/mol. The van der Waals surface area contributed by atoms with Crippen LogP contribution in [0, 0.1) is 10.1 Å². The van der Waals surface area contributed by atoms with Crippen LogP contribution < -0.4 is 5.32 Å². The fourth-order valence-electron chi connectivity index (χ4n) is 3.84. The minimum Gasteiger partial charge on any atom is -0.465 e. The summed E-state index contributed by atoms with van der Waals surface area (Å²) in [6.45, 7) is 0.818. The lowest BCUT2D eigenvalue weighted by molar-refractivity contribution is -0.384. The maximum Gasteiger partial charge on any atom is 0.337 e. The molecule has 2 aromatic carbocycles. The van der Waals surface area contributed by atoms with Gasteiger partial charge >= 0.3 is 5.97 Å². The Morgan fingerprint density at radius 2 is 2.03 bits per heavy atom. The molecule has 0 spiro atoms. The van der Waals surface area contributed by atoms with Crippen LogP contribution in [-0.2, 0) is 17.7 Å². The van der Waals surface area contributed by atoms with Gasteiger partial charge in [-0.2, -0.15) is 0 Å². The van der Waals surface area contributed by atoms with E-state index in [1.54, 1.807) is 24.1 Å². The number of aromatic amines is 1. The van der Waals surface area contributed by atoms with Gasteiger partial charge in [0.05, 0.1) is 23.2 Å². The molecule has 1 amide bonds. The summed E-state index contributed by atoms with van der Waals surface area (Å²) in [4.78, 5) is 40.8. The summed E-state index contributed by atoms with van der Waals surface area (Å²) in [5.74, 6) is -0.710. The number of rotatable bonds is 4. The summed E-state index contributed by atoms with van der Waals surface area (Å²) in [5.41, 5.74) is 3.92. The van der Waals surface area contributed by atoms with Crippen LogP contribution in [0.5, 0.6) is 0 Å². The topological polar surface area (TPSA) is 118 Å².